The fraction of sp³-hybridized carbons (Fsp3) is 0.630. The van der Waals surface area contributed by atoms with Crippen LogP contribution in [-0.4, -0.2) is 63.8 Å². The molecule has 1 saturated heterocycles. The van der Waals surface area contributed by atoms with E-state index in [0.29, 0.717) is 25.5 Å². The van der Waals surface area contributed by atoms with Gasteiger partial charge in [-0.3, -0.25) is 24.0 Å². The summed E-state index contributed by atoms with van der Waals surface area (Å²) in [6.07, 6.45) is 3.87. The molecule has 2 heterocycles. The first kappa shape index (κ1) is 26.9. The van der Waals surface area contributed by atoms with Crippen LogP contribution in [0.4, 0.5) is 4.79 Å². The van der Waals surface area contributed by atoms with Crippen LogP contribution in [-0.2, 0) is 32.5 Å². The van der Waals surface area contributed by atoms with Crippen LogP contribution in [0.2, 0.25) is 0 Å². The molecule has 1 atom stereocenters. The standard InChI is InChI=1S/C27H38N4O6/c1-27(2,3)37-26(35)29(4)12-7-13-36-19-15-17(16-19)14-18-8-6-9-20-23(18)30(5)25(34)31(20)21-10-11-22(32)28-24(21)33/h6,8-9,17,19,21H,7,10-16H2,1-5H3,(H,28,32,33). The monoisotopic (exact) mass is 514 g/mol. The van der Waals surface area contributed by atoms with E-state index in [1.165, 1.54) is 4.57 Å². The molecule has 0 radical (unpaired) electrons. The van der Waals surface area contributed by atoms with Crippen molar-refractivity contribution >= 4 is 28.9 Å². The molecule has 1 unspecified atom stereocenters. The van der Waals surface area contributed by atoms with Gasteiger partial charge in [0, 0.05) is 33.7 Å². The zero-order valence-electron chi connectivity index (χ0n) is 22.4. The Labute approximate surface area is 216 Å². The molecule has 202 valence electrons. The lowest BCUT2D eigenvalue weighted by Crippen LogP contribution is -2.44. The maximum Gasteiger partial charge on any atom is 0.410 e. The molecule has 2 aliphatic rings. The Hall–Kier alpha value is -3.14. The molecule has 4 rings (SSSR count). The van der Waals surface area contributed by atoms with E-state index in [1.807, 2.05) is 39.0 Å². The lowest BCUT2D eigenvalue weighted by molar-refractivity contribution is -0.135. The first-order valence-electron chi connectivity index (χ1n) is 13.0. The summed E-state index contributed by atoms with van der Waals surface area (Å²) in [7, 11) is 3.46. The molecule has 10 nitrogen and oxygen atoms in total. The van der Waals surface area contributed by atoms with Crippen molar-refractivity contribution < 1.29 is 23.9 Å². The topological polar surface area (TPSA) is 112 Å². The van der Waals surface area contributed by atoms with E-state index in [2.05, 4.69) is 5.32 Å². The van der Waals surface area contributed by atoms with Gasteiger partial charge in [0.25, 0.3) is 0 Å². The van der Waals surface area contributed by atoms with Crippen LogP contribution in [0.1, 0.15) is 64.5 Å². The number of amides is 3. The molecule has 1 aliphatic carbocycles. The number of rotatable bonds is 8. The summed E-state index contributed by atoms with van der Waals surface area (Å²) in [4.78, 5) is 50.7. The van der Waals surface area contributed by atoms with Crippen molar-refractivity contribution in [2.45, 2.75) is 77.0 Å². The average Bonchev–Trinajstić information content (AvgIpc) is 3.04. The van der Waals surface area contributed by atoms with Crippen molar-refractivity contribution in [1.29, 1.82) is 0 Å². The molecule has 1 aromatic heterocycles. The lowest BCUT2D eigenvalue weighted by atomic mass is 9.78. The number of carbonyl (C=O) groups is 3. The van der Waals surface area contributed by atoms with E-state index < -0.39 is 17.6 Å². The van der Waals surface area contributed by atoms with E-state index in [9.17, 15) is 19.2 Å². The second kappa shape index (κ2) is 10.7. The van der Waals surface area contributed by atoms with E-state index >= 15 is 0 Å². The largest absolute Gasteiger partial charge is 0.444 e. The number of para-hydroxylation sites is 1. The highest BCUT2D eigenvalue weighted by Gasteiger charge is 2.33. The average molecular weight is 515 g/mol. The Bertz CT molecular complexity index is 1230. The number of benzene rings is 1. The summed E-state index contributed by atoms with van der Waals surface area (Å²) < 4.78 is 14.5. The number of piperidine rings is 1. The van der Waals surface area contributed by atoms with Gasteiger partial charge in [0.15, 0.2) is 0 Å². The van der Waals surface area contributed by atoms with Crippen LogP contribution in [0.3, 0.4) is 0 Å². The number of hydrogen-bond donors (Lipinski definition) is 1. The normalized spacial score (nSPS) is 22.0. The first-order chi connectivity index (χ1) is 17.4. The molecule has 2 aromatic rings. The second-order valence-corrected chi connectivity index (χ2v) is 11.3. The Morgan fingerprint density at radius 3 is 2.59 bits per heavy atom. The number of imide groups is 1. The zero-order valence-corrected chi connectivity index (χ0v) is 22.4. The third kappa shape index (κ3) is 6.06. The number of nitrogens with one attached hydrogen (secondary N) is 1. The van der Waals surface area contributed by atoms with Gasteiger partial charge in [-0.2, -0.15) is 0 Å². The van der Waals surface area contributed by atoms with Crippen LogP contribution >= 0.6 is 0 Å². The fourth-order valence-electron chi connectivity index (χ4n) is 5.19. The number of imidazole rings is 1. The van der Waals surface area contributed by atoms with Gasteiger partial charge in [-0.25, -0.2) is 9.59 Å². The molecular formula is C27H38N4O6. The molecule has 1 N–H and O–H groups in total. The Morgan fingerprint density at radius 1 is 1.19 bits per heavy atom. The van der Waals surface area contributed by atoms with Crippen LogP contribution in [0, 0.1) is 5.92 Å². The fourth-order valence-corrected chi connectivity index (χ4v) is 5.19. The van der Waals surface area contributed by atoms with Gasteiger partial charge < -0.3 is 14.4 Å². The number of nitrogens with zero attached hydrogens (tertiary/aromatic N) is 3. The van der Waals surface area contributed by atoms with Crippen molar-refractivity contribution in [2.75, 3.05) is 20.2 Å². The highest BCUT2D eigenvalue weighted by molar-refractivity contribution is 6.00. The van der Waals surface area contributed by atoms with Gasteiger partial charge in [-0.15, -0.1) is 0 Å². The molecule has 1 aromatic carbocycles. The number of aromatic nitrogens is 2. The number of fused-ring (bicyclic) bond motifs is 1. The molecule has 0 spiro atoms. The van der Waals surface area contributed by atoms with Gasteiger partial charge in [-0.1, -0.05) is 12.1 Å². The molecule has 10 heteroatoms. The van der Waals surface area contributed by atoms with Gasteiger partial charge in [-0.05, 0) is 70.4 Å². The Morgan fingerprint density at radius 2 is 1.92 bits per heavy atom. The van der Waals surface area contributed by atoms with Gasteiger partial charge >= 0.3 is 11.8 Å². The van der Waals surface area contributed by atoms with Crippen molar-refractivity contribution in [3.8, 4) is 0 Å². The summed E-state index contributed by atoms with van der Waals surface area (Å²) in [6.45, 7) is 6.71. The van der Waals surface area contributed by atoms with E-state index in [0.717, 1.165) is 42.3 Å². The number of carbonyl (C=O) groups excluding carboxylic acids is 3. The van der Waals surface area contributed by atoms with Crippen molar-refractivity contribution in [1.82, 2.24) is 19.4 Å². The minimum absolute atomic E-state index is 0.202. The maximum atomic E-state index is 13.1. The molecule has 1 saturated carbocycles. The number of hydrogen-bond acceptors (Lipinski definition) is 6. The lowest BCUT2D eigenvalue weighted by Gasteiger charge is -2.35. The van der Waals surface area contributed by atoms with E-state index in [-0.39, 0.29) is 30.2 Å². The minimum Gasteiger partial charge on any atom is -0.444 e. The highest BCUT2D eigenvalue weighted by Crippen LogP contribution is 2.35. The van der Waals surface area contributed by atoms with Crippen LogP contribution in [0.25, 0.3) is 11.0 Å². The third-order valence-corrected chi connectivity index (χ3v) is 7.11. The first-order valence-corrected chi connectivity index (χ1v) is 13.0. The molecular weight excluding hydrogens is 476 g/mol. The van der Waals surface area contributed by atoms with E-state index in [1.54, 1.807) is 23.6 Å². The second-order valence-electron chi connectivity index (χ2n) is 11.3. The summed E-state index contributed by atoms with van der Waals surface area (Å²) >= 11 is 0. The smallest absolute Gasteiger partial charge is 0.410 e. The van der Waals surface area contributed by atoms with Crippen LogP contribution in [0.5, 0.6) is 0 Å². The quantitative estimate of drug-likeness (QED) is 0.428. The van der Waals surface area contributed by atoms with Gasteiger partial charge in [0.2, 0.25) is 11.8 Å². The van der Waals surface area contributed by atoms with E-state index in [4.69, 9.17) is 9.47 Å². The molecule has 3 amide bonds. The maximum absolute atomic E-state index is 13.1. The minimum atomic E-state index is -0.681. The number of aryl methyl sites for hydroxylation is 1. The summed E-state index contributed by atoms with van der Waals surface area (Å²) in [5.74, 6) is -0.270. The summed E-state index contributed by atoms with van der Waals surface area (Å²) in [6, 6.07) is 5.15. The summed E-state index contributed by atoms with van der Waals surface area (Å²) in [5.41, 5.74) is 1.88. The molecule has 0 bridgehead atoms. The Balaban J connectivity index is 1.30. The van der Waals surface area contributed by atoms with Gasteiger partial charge in [0.1, 0.15) is 11.6 Å². The van der Waals surface area contributed by atoms with Crippen molar-refractivity contribution in [3.63, 3.8) is 0 Å². The summed E-state index contributed by atoms with van der Waals surface area (Å²) in [5, 5.41) is 2.35. The van der Waals surface area contributed by atoms with Crippen LogP contribution < -0.4 is 11.0 Å². The SMILES string of the molecule is CN(CCCOC1CC(Cc2cccc3c2n(C)c(=O)n3C2CCC(=O)NC2=O)C1)C(=O)OC(C)(C)C. The molecule has 2 fully saturated rings. The van der Waals surface area contributed by atoms with Crippen LogP contribution in [0.15, 0.2) is 23.0 Å². The molecule has 1 aliphatic heterocycles. The van der Waals surface area contributed by atoms with Crippen molar-refractivity contribution in [2.24, 2.45) is 13.0 Å². The predicted molar refractivity (Wildman–Crippen MR) is 138 cm³/mol. The third-order valence-electron chi connectivity index (χ3n) is 7.11. The van der Waals surface area contributed by atoms with Crippen molar-refractivity contribution in [3.05, 3.63) is 34.2 Å². The zero-order chi connectivity index (χ0) is 26.9. The number of ether oxygens (including phenoxy) is 2. The van der Waals surface area contributed by atoms with Gasteiger partial charge in [0.05, 0.1) is 17.1 Å². The molecule has 37 heavy (non-hydrogen) atoms. The predicted octanol–water partition coefficient (Wildman–Crippen LogP) is 2.91. The Kier molecular flexibility index (Phi) is 7.77. The highest BCUT2D eigenvalue weighted by atomic mass is 16.6.